The van der Waals surface area contributed by atoms with Crippen LogP contribution in [0.5, 0.6) is 0 Å². The highest BCUT2D eigenvalue weighted by atomic mass is 15.0. The van der Waals surface area contributed by atoms with Gasteiger partial charge in [0.05, 0.1) is 0 Å². The SMILES string of the molecule is Cc1cccc(C2CC(NC3CCC(C)CC3)C2)c1. The van der Waals surface area contributed by atoms with Crippen molar-refractivity contribution in [2.45, 2.75) is 70.4 Å². The summed E-state index contributed by atoms with van der Waals surface area (Å²) in [7, 11) is 0. The van der Waals surface area contributed by atoms with Gasteiger partial charge < -0.3 is 5.32 Å². The zero-order valence-electron chi connectivity index (χ0n) is 12.4. The summed E-state index contributed by atoms with van der Waals surface area (Å²) in [5.41, 5.74) is 2.95. The maximum Gasteiger partial charge on any atom is 0.00813 e. The lowest BCUT2D eigenvalue weighted by atomic mass is 9.74. The van der Waals surface area contributed by atoms with Gasteiger partial charge in [0.2, 0.25) is 0 Å². The minimum Gasteiger partial charge on any atom is -0.311 e. The summed E-state index contributed by atoms with van der Waals surface area (Å²) in [6, 6.07) is 10.7. The predicted molar refractivity (Wildman–Crippen MR) is 81.5 cm³/mol. The quantitative estimate of drug-likeness (QED) is 0.845. The van der Waals surface area contributed by atoms with Gasteiger partial charge in [0, 0.05) is 12.1 Å². The first-order chi connectivity index (χ1) is 9.20. The van der Waals surface area contributed by atoms with Gasteiger partial charge in [-0.2, -0.15) is 0 Å². The molecule has 0 radical (unpaired) electrons. The molecule has 1 heteroatoms. The van der Waals surface area contributed by atoms with Crippen molar-refractivity contribution in [2.75, 3.05) is 0 Å². The van der Waals surface area contributed by atoms with Gasteiger partial charge in [-0.25, -0.2) is 0 Å². The summed E-state index contributed by atoms with van der Waals surface area (Å²) in [6.45, 7) is 4.59. The van der Waals surface area contributed by atoms with E-state index in [0.717, 1.165) is 23.9 Å². The van der Waals surface area contributed by atoms with Crippen molar-refractivity contribution in [3.8, 4) is 0 Å². The van der Waals surface area contributed by atoms with Gasteiger partial charge in [0.25, 0.3) is 0 Å². The lowest BCUT2D eigenvalue weighted by Crippen LogP contribution is -2.46. The van der Waals surface area contributed by atoms with Crippen molar-refractivity contribution >= 4 is 0 Å². The van der Waals surface area contributed by atoms with Crippen LogP contribution in [-0.4, -0.2) is 12.1 Å². The number of hydrogen-bond donors (Lipinski definition) is 1. The van der Waals surface area contributed by atoms with Crippen LogP contribution in [0.3, 0.4) is 0 Å². The third-order valence-corrected chi connectivity index (χ3v) is 5.14. The van der Waals surface area contributed by atoms with E-state index in [1.807, 2.05) is 0 Å². The van der Waals surface area contributed by atoms with Gasteiger partial charge in [0.15, 0.2) is 0 Å². The third-order valence-electron chi connectivity index (χ3n) is 5.14. The summed E-state index contributed by atoms with van der Waals surface area (Å²) in [6.07, 6.45) is 8.32. The zero-order valence-corrected chi connectivity index (χ0v) is 12.4. The second kappa shape index (κ2) is 5.66. The van der Waals surface area contributed by atoms with E-state index < -0.39 is 0 Å². The standard InChI is InChI=1S/C18H27N/c1-13-6-8-17(9-7-13)19-18-11-16(12-18)15-5-3-4-14(2)10-15/h3-5,10,13,16-19H,6-9,11-12H2,1-2H3. The van der Waals surface area contributed by atoms with Crippen LogP contribution in [0.2, 0.25) is 0 Å². The Labute approximate surface area is 117 Å². The summed E-state index contributed by atoms with van der Waals surface area (Å²) in [5.74, 6) is 1.76. The topological polar surface area (TPSA) is 12.0 Å². The first-order valence-electron chi connectivity index (χ1n) is 8.03. The molecule has 0 bridgehead atoms. The molecule has 0 spiro atoms. The average Bonchev–Trinajstić information content (AvgIpc) is 2.35. The molecule has 3 rings (SSSR count). The molecule has 104 valence electrons. The Morgan fingerprint density at radius 3 is 2.42 bits per heavy atom. The zero-order chi connectivity index (χ0) is 13.2. The van der Waals surface area contributed by atoms with E-state index in [9.17, 15) is 0 Å². The van der Waals surface area contributed by atoms with Crippen molar-refractivity contribution < 1.29 is 0 Å². The molecule has 19 heavy (non-hydrogen) atoms. The van der Waals surface area contributed by atoms with E-state index in [0.29, 0.717) is 0 Å². The first-order valence-corrected chi connectivity index (χ1v) is 8.03. The van der Waals surface area contributed by atoms with Crippen molar-refractivity contribution in [1.82, 2.24) is 5.32 Å². The molecule has 0 saturated heterocycles. The van der Waals surface area contributed by atoms with Crippen LogP contribution in [0.4, 0.5) is 0 Å². The number of aryl methyl sites for hydroxylation is 1. The van der Waals surface area contributed by atoms with Crippen LogP contribution in [0.15, 0.2) is 24.3 Å². The Morgan fingerprint density at radius 2 is 1.74 bits per heavy atom. The normalized spacial score (nSPS) is 34.8. The van der Waals surface area contributed by atoms with Crippen molar-refractivity contribution in [3.63, 3.8) is 0 Å². The van der Waals surface area contributed by atoms with Gasteiger partial charge in [-0.05, 0) is 62.8 Å². The van der Waals surface area contributed by atoms with E-state index in [2.05, 4.69) is 43.4 Å². The summed E-state index contributed by atoms with van der Waals surface area (Å²) < 4.78 is 0. The van der Waals surface area contributed by atoms with Crippen LogP contribution in [0, 0.1) is 12.8 Å². The van der Waals surface area contributed by atoms with Crippen molar-refractivity contribution in [2.24, 2.45) is 5.92 Å². The Kier molecular flexibility index (Phi) is 3.93. The van der Waals surface area contributed by atoms with Crippen molar-refractivity contribution in [3.05, 3.63) is 35.4 Å². The maximum atomic E-state index is 3.89. The second-order valence-corrected chi connectivity index (χ2v) is 6.90. The predicted octanol–water partition coefficient (Wildman–Crippen LogP) is 4.41. The summed E-state index contributed by atoms with van der Waals surface area (Å²) in [5, 5.41) is 3.89. The highest BCUT2D eigenvalue weighted by molar-refractivity contribution is 5.27. The lowest BCUT2D eigenvalue weighted by Gasteiger charge is -2.40. The fraction of sp³-hybridized carbons (Fsp3) is 0.667. The first kappa shape index (κ1) is 13.2. The monoisotopic (exact) mass is 257 g/mol. The molecule has 1 N–H and O–H groups in total. The Balaban J connectivity index is 1.45. The molecule has 1 aromatic rings. The van der Waals surface area contributed by atoms with Crippen molar-refractivity contribution in [1.29, 1.82) is 0 Å². The third kappa shape index (κ3) is 3.20. The molecule has 2 aliphatic rings. The lowest BCUT2D eigenvalue weighted by molar-refractivity contribution is 0.221. The minimum atomic E-state index is 0.781. The molecule has 0 amide bonds. The Morgan fingerprint density at radius 1 is 1.00 bits per heavy atom. The number of nitrogens with one attached hydrogen (secondary N) is 1. The highest BCUT2D eigenvalue weighted by Gasteiger charge is 2.32. The molecular formula is C18H27N. The Hall–Kier alpha value is -0.820. The van der Waals surface area contributed by atoms with E-state index >= 15 is 0 Å². The minimum absolute atomic E-state index is 0.781. The molecule has 2 saturated carbocycles. The largest absolute Gasteiger partial charge is 0.311 e. The van der Waals surface area contributed by atoms with Crippen LogP contribution >= 0.6 is 0 Å². The molecule has 2 aliphatic carbocycles. The average molecular weight is 257 g/mol. The number of hydrogen-bond acceptors (Lipinski definition) is 1. The smallest absolute Gasteiger partial charge is 0.00813 e. The van der Waals surface area contributed by atoms with E-state index in [1.54, 1.807) is 5.56 Å². The molecule has 0 unspecified atom stereocenters. The summed E-state index contributed by atoms with van der Waals surface area (Å²) >= 11 is 0. The molecule has 1 aromatic carbocycles. The maximum absolute atomic E-state index is 3.89. The Bertz CT molecular complexity index is 411. The molecule has 0 aliphatic heterocycles. The fourth-order valence-electron chi connectivity index (χ4n) is 3.71. The van der Waals surface area contributed by atoms with E-state index in [1.165, 1.54) is 44.1 Å². The number of benzene rings is 1. The molecule has 2 fully saturated rings. The van der Waals surface area contributed by atoms with Gasteiger partial charge in [-0.3, -0.25) is 0 Å². The van der Waals surface area contributed by atoms with Crippen LogP contribution < -0.4 is 5.32 Å². The molecule has 0 atom stereocenters. The van der Waals surface area contributed by atoms with Crippen LogP contribution in [0.25, 0.3) is 0 Å². The second-order valence-electron chi connectivity index (χ2n) is 6.90. The molecule has 1 nitrogen and oxygen atoms in total. The van der Waals surface area contributed by atoms with E-state index in [4.69, 9.17) is 0 Å². The highest BCUT2D eigenvalue weighted by Crippen LogP contribution is 2.38. The van der Waals surface area contributed by atoms with E-state index in [-0.39, 0.29) is 0 Å². The molecule has 0 heterocycles. The molecule has 0 aromatic heterocycles. The fourth-order valence-corrected chi connectivity index (χ4v) is 3.71. The number of rotatable bonds is 3. The van der Waals surface area contributed by atoms with Gasteiger partial charge >= 0.3 is 0 Å². The van der Waals surface area contributed by atoms with Crippen LogP contribution in [-0.2, 0) is 0 Å². The summed E-state index contributed by atoms with van der Waals surface area (Å²) in [4.78, 5) is 0. The van der Waals surface area contributed by atoms with Gasteiger partial charge in [-0.15, -0.1) is 0 Å². The van der Waals surface area contributed by atoms with Gasteiger partial charge in [0.1, 0.15) is 0 Å². The van der Waals surface area contributed by atoms with Gasteiger partial charge in [-0.1, -0.05) is 36.8 Å². The molecular weight excluding hydrogens is 230 g/mol. The van der Waals surface area contributed by atoms with Crippen LogP contribution in [0.1, 0.15) is 62.5 Å².